The topological polar surface area (TPSA) is 93.7 Å². The SMILES string of the molecule is CC(C)(C)OC(=O)c1ccc(C[C@H](NC(=O)OCC2c3ccccc3-c3ccccc32)C(=O)N[C@@H]2CCCc3ccccc32)cc1. The van der Waals surface area contributed by atoms with Gasteiger partial charge in [-0.1, -0.05) is 84.9 Å². The van der Waals surface area contributed by atoms with Crippen molar-refractivity contribution >= 4 is 18.0 Å². The zero-order valence-electron chi connectivity index (χ0n) is 26.5. The molecule has 0 spiro atoms. The Balaban J connectivity index is 1.18. The summed E-state index contributed by atoms with van der Waals surface area (Å²) in [5.41, 5.74) is 7.47. The molecule has 2 aliphatic rings. The predicted octanol–water partition coefficient (Wildman–Crippen LogP) is 7.29. The average molecular weight is 617 g/mol. The highest BCUT2D eigenvalue weighted by atomic mass is 16.6. The van der Waals surface area contributed by atoms with E-state index in [0.29, 0.717) is 5.56 Å². The number of benzene rings is 4. The van der Waals surface area contributed by atoms with Crippen LogP contribution in [0.2, 0.25) is 0 Å². The zero-order chi connectivity index (χ0) is 32.3. The van der Waals surface area contributed by atoms with Crippen molar-refractivity contribution in [3.05, 3.63) is 130 Å². The molecule has 0 unspecified atom stereocenters. The summed E-state index contributed by atoms with van der Waals surface area (Å²) >= 11 is 0. The number of carbonyl (C=O) groups is 3. The third-order valence-electron chi connectivity index (χ3n) is 8.67. The van der Waals surface area contributed by atoms with Crippen LogP contribution in [0, 0.1) is 0 Å². The van der Waals surface area contributed by atoms with Gasteiger partial charge < -0.3 is 20.1 Å². The molecular weight excluding hydrogens is 576 g/mol. The van der Waals surface area contributed by atoms with Gasteiger partial charge >= 0.3 is 12.1 Å². The van der Waals surface area contributed by atoms with E-state index in [1.807, 2.05) is 57.2 Å². The molecule has 2 amide bonds. The molecule has 0 saturated heterocycles. The largest absolute Gasteiger partial charge is 0.456 e. The van der Waals surface area contributed by atoms with Gasteiger partial charge in [0.2, 0.25) is 5.91 Å². The highest BCUT2D eigenvalue weighted by molar-refractivity contribution is 5.90. The number of carbonyl (C=O) groups excluding carboxylic acids is 3. The lowest BCUT2D eigenvalue weighted by atomic mass is 9.87. The van der Waals surface area contributed by atoms with E-state index >= 15 is 0 Å². The van der Waals surface area contributed by atoms with Crippen LogP contribution in [0.3, 0.4) is 0 Å². The summed E-state index contributed by atoms with van der Waals surface area (Å²) in [6.45, 7) is 5.61. The minimum absolute atomic E-state index is 0.0930. The Morgan fingerprint density at radius 2 is 1.41 bits per heavy atom. The minimum atomic E-state index is -0.892. The molecule has 0 heterocycles. The lowest BCUT2D eigenvalue weighted by Gasteiger charge is -2.28. The molecule has 0 saturated carbocycles. The number of fused-ring (bicyclic) bond motifs is 4. The van der Waals surface area contributed by atoms with E-state index in [0.717, 1.165) is 52.6 Å². The Morgan fingerprint density at radius 3 is 2.07 bits per heavy atom. The summed E-state index contributed by atoms with van der Waals surface area (Å²) in [6.07, 6.45) is 2.34. The molecule has 0 fully saturated rings. The lowest BCUT2D eigenvalue weighted by Crippen LogP contribution is -2.49. The lowest BCUT2D eigenvalue weighted by molar-refractivity contribution is -0.124. The van der Waals surface area contributed by atoms with Gasteiger partial charge in [-0.3, -0.25) is 4.79 Å². The van der Waals surface area contributed by atoms with E-state index in [1.54, 1.807) is 24.3 Å². The molecule has 0 aliphatic heterocycles. The highest BCUT2D eigenvalue weighted by Crippen LogP contribution is 2.44. The molecule has 0 bridgehead atoms. The summed E-state index contributed by atoms with van der Waals surface area (Å²) < 4.78 is 11.3. The maximum atomic E-state index is 13.8. The third-order valence-corrected chi connectivity index (χ3v) is 8.67. The molecule has 46 heavy (non-hydrogen) atoms. The van der Waals surface area contributed by atoms with E-state index in [2.05, 4.69) is 47.0 Å². The van der Waals surface area contributed by atoms with Crippen molar-refractivity contribution in [1.82, 2.24) is 10.6 Å². The molecule has 4 aromatic carbocycles. The monoisotopic (exact) mass is 616 g/mol. The van der Waals surface area contributed by atoms with Gasteiger partial charge in [0.15, 0.2) is 0 Å². The molecule has 7 nitrogen and oxygen atoms in total. The summed E-state index contributed by atoms with van der Waals surface area (Å²) in [5.74, 6) is -0.794. The van der Waals surface area contributed by atoms with E-state index in [-0.39, 0.29) is 30.9 Å². The summed E-state index contributed by atoms with van der Waals surface area (Å²) in [6, 6.07) is 30.4. The number of amides is 2. The van der Waals surface area contributed by atoms with Crippen LogP contribution in [0.15, 0.2) is 97.1 Å². The Morgan fingerprint density at radius 1 is 0.804 bits per heavy atom. The highest BCUT2D eigenvalue weighted by Gasteiger charge is 2.31. The van der Waals surface area contributed by atoms with Gasteiger partial charge in [-0.05, 0) is 91.1 Å². The zero-order valence-corrected chi connectivity index (χ0v) is 26.5. The third kappa shape index (κ3) is 6.99. The summed E-state index contributed by atoms with van der Waals surface area (Å²) in [7, 11) is 0. The van der Waals surface area contributed by atoms with Gasteiger partial charge in [-0.2, -0.15) is 0 Å². The van der Waals surface area contributed by atoms with Crippen LogP contribution in [0.4, 0.5) is 4.79 Å². The second-order valence-corrected chi connectivity index (χ2v) is 13.1. The molecular formula is C39H40N2O5. The van der Waals surface area contributed by atoms with Gasteiger partial charge in [0.05, 0.1) is 11.6 Å². The molecule has 4 aromatic rings. The second-order valence-electron chi connectivity index (χ2n) is 13.1. The fourth-order valence-corrected chi connectivity index (χ4v) is 6.52. The van der Waals surface area contributed by atoms with Crippen molar-refractivity contribution in [3.63, 3.8) is 0 Å². The maximum absolute atomic E-state index is 13.8. The number of rotatable bonds is 8. The average Bonchev–Trinajstić information content (AvgIpc) is 3.36. The van der Waals surface area contributed by atoms with Crippen molar-refractivity contribution in [2.24, 2.45) is 0 Å². The van der Waals surface area contributed by atoms with Crippen LogP contribution in [-0.2, 0) is 27.1 Å². The van der Waals surface area contributed by atoms with Gasteiger partial charge in [-0.25, -0.2) is 9.59 Å². The minimum Gasteiger partial charge on any atom is -0.456 e. The predicted molar refractivity (Wildman–Crippen MR) is 178 cm³/mol. The van der Waals surface area contributed by atoms with Crippen molar-refractivity contribution in [1.29, 1.82) is 0 Å². The number of hydrogen-bond acceptors (Lipinski definition) is 5. The Kier molecular flexibility index (Phi) is 8.93. The first-order valence-electron chi connectivity index (χ1n) is 16.0. The van der Waals surface area contributed by atoms with Crippen LogP contribution < -0.4 is 10.6 Å². The van der Waals surface area contributed by atoms with Gasteiger partial charge in [-0.15, -0.1) is 0 Å². The molecule has 7 heteroatoms. The van der Waals surface area contributed by atoms with Gasteiger partial charge in [0, 0.05) is 12.3 Å². The first kappa shape index (κ1) is 31.1. The Bertz CT molecular complexity index is 1690. The fourth-order valence-electron chi connectivity index (χ4n) is 6.52. The van der Waals surface area contributed by atoms with E-state index in [9.17, 15) is 14.4 Å². The van der Waals surface area contributed by atoms with E-state index < -0.39 is 23.7 Å². The molecule has 236 valence electrons. The number of alkyl carbamates (subject to hydrolysis) is 1. The number of aryl methyl sites for hydroxylation is 1. The van der Waals surface area contributed by atoms with Crippen LogP contribution in [0.1, 0.15) is 83.7 Å². The van der Waals surface area contributed by atoms with Crippen LogP contribution >= 0.6 is 0 Å². The van der Waals surface area contributed by atoms with Crippen molar-refractivity contribution in [2.45, 2.75) is 70.1 Å². The number of nitrogens with one attached hydrogen (secondary N) is 2. The number of hydrogen-bond donors (Lipinski definition) is 2. The molecule has 2 atom stereocenters. The quantitative estimate of drug-likeness (QED) is 0.203. The molecule has 2 aliphatic carbocycles. The van der Waals surface area contributed by atoms with Crippen molar-refractivity contribution in [3.8, 4) is 11.1 Å². The summed E-state index contributed by atoms with van der Waals surface area (Å²) in [4.78, 5) is 39.7. The molecule has 6 rings (SSSR count). The van der Waals surface area contributed by atoms with Crippen LogP contribution in [0.5, 0.6) is 0 Å². The van der Waals surface area contributed by atoms with E-state index in [1.165, 1.54) is 5.56 Å². The fraction of sp³-hybridized carbons (Fsp3) is 0.308. The van der Waals surface area contributed by atoms with Crippen LogP contribution in [0.25, 0.3) is 11.1 Å². The Hall–Kier alpha value is -4.91. The van der Waals surface area contributed by atoms with Crippen molar-refractivity contribution in [2.75, 3.05) is 6.61 Å². The molecule has 0 radical (unpaired) electrons. The van der Waals surface area contributed by atoms with E-state index in [4.69, 9.17) is 9.47 Å². The summed E-state index contributed by atoms with van der Waals surface area (Å²) in [5, 5.41) is 6.05. The van der Waals surface area contributed by atoms with Crippen molar-refractivity contribution < 1.29 is 23.9 Å². The number of ether oxygens (including phenoxy) is 2. The second kappa shape index (κ2) is 13.2. The van der Waals surface area contributed by atoms with Crippen LogP contribution in [-0.4, -0.2) is 36.2 Å². The Labute approximate surface area is 270 Å². The smallest absolute Gasteiger partial charge is 0.407 e. The van der Waals surface area contributed by atoms with Gasteiger partial charge in [0.25, 0.3) is 0 Å². The number of esters is 1. The standard InChI is InChI=1S/C39H40N2O5/c1-39(2,3)46-37(43)27-21-19-25(20-22-27)23-35(36(42)40-34-18-10-12-26-11-4-5-13-28(26)34)41-38(44)45-24-33-31-16-8-6-14-29(31)30-15-7-9-17-32(30)33/h4-9,11,13-17,19-22,33-35H,10,12,18,23-24H2,1-3H3,(H,40,42)(H,41,44)/t34-,35+/m1/s1. The first-order chi connectivity index (χ1) is 22.2. The normalized spacial score (nSPS) is 15.9. The maximum Gasteiger partial charge on any atom is 0.407 e. The van der Waals surface area contributed by atoms with Gasteiger partial charge in [0.1, 0.15) is 18.2 Å². The molecule has 0 aromatic heterocycles. The first-order valence-corrected chi connectivity index (χ1v) is 16.0. The molecule has 2 N–H and O–H groups in total.